The van der Waals surface area contributed by atoms with Gasteiger partial charge in [0.1, 0.15) is 17.5 Å². The van der Waals surface area contributed by atoms with Crippen molar-refractivity contribution in [3.05, 3.63) is 28.8 Å². The molecular weight excluding hydrogens is 339 g/mol. The van der Waals surface area contributed by atoms with Crippen LogP contribution < -0.4 is 10.5 Å². The molecule has 1 saturated carbocycles. The Labute approximate surface area is 142 Å². The lowest BCUT2D eigenvalue weighted by atomic mass is 9.87. The third kappa shape index (κ3) is 4.37. The average molecular weight is 357 g/mol. The molecule has 1 aliphatic carbocycles. The summed E-state index contributed by atoms with van der Waals surface area (Å²) in [6, 6.07) is 2.74. The zero-order chi connectivity index (χ0) is 18.9. The molecule has 2 atom stereocenters. The molecule has 0 bridgehead atoms. The van der Waals surface area contributed by atoms with E-state index < -0.39 is 30.5 Å². The normalized spacial score (nSPS) is 20.8. The fourth-order valence-electron chi connectivity index (χ4n) is 3.21. The minimum absolute atomic E-state index is 0.0163. The van der Waals surface area contributed by atoms with Gasteiger partial charge in [0.2, 0.25) is 5.91 Å². The molecule has 0 aliphatic heterocycles. The van der Waals surface area contributed by atoms with Crippen molar-refractivity contribution in [2.45, 2.75) is 38.8 Å². The Bertz CT molecular complexity index is 704. The summed E-state index contributed by atoms with van der Waals surface area (Å²) >= 11 is 0. The van der Waals surface area contributed by atoms with E-state index in [-0.39, 0.29) is 30.2 Å². The summed E-state index contributed by atoms with van der Waals surface area (Å²) in [6.45, 7) is 1.78. The second kappa shape index (κ2) is 6.85. The Kier molecular flexibility index (Phi) is 5.20. The second-order valence-electron chi connectivity index (χ2n) is 6.25. The average Bonchev–Trinajstić information content (AvgIpc) is 2.71. The van der Waals surface area contributed by atoms with E-state index in [1.54, 1.807) is 13.8 Å². The topological polar surface area (TPSA) is 86.5 Å². The largest absolute Gasteiger partial charge is 0.484 e. The maximum absolute atomic E-state index is 12.5. The highest BCUT2D eigenvalue weighted by Crippen LogP contribution is 2.38. The number of carbonyl (C=O) groups excluding carboxylic acids is 3. The van der Waals surface area contributed by atoms with E-state index in [0.29, 0.717) is 16.7 Å². The van der Waals surface area contributed by atoms with Crippen molar-refractivity contribution < 1.29 is 32.3 Å². The van der Waals surface area contributed by atoms with Crippen molar-refractivity contribution in [1.82, 2.24) is 0 Å². The number of hydrogen-bond donors (Lipinski definition) is 1. The standard InChI is InChI=1S/C17H18F3NO4/c1-8-3-11(25-7-17(18,19)20)4-9(2)14(8)15-12(22)5-10(16(15)24)6-13(21)23/h3-4,10,15H,5-7H2,1-2H3,(H2,21,23). The lowest BCUT2D eigenvalue weighted by molar-refractivity contribution is -0.153. The molecule has 1 aliphatic rings. The highest BCUT2D eigenvalue weighted by molar-refractivity contribution is 6.15. The van der Waals surface area contributed by atoms with Gasteiger partial charge in [0.05, 0.1) is 0 Å². The van der Waals surface area contributed by atoms with Crippen molar-refractivity contribution in [2.24, 2.45) is 11.7 Å². The summed E-state index contributed by atoms with van der Waals surface area (Å²) in [6.07, 6.45) is -4.70. The van der Waals surface area contributed by atoms with Gasteiger partial charge in [0.15, 0.2) is 12.4 Å². The number of alkyl halides is 3. The molecule has 2 N–H and O–H groups in total. The number of benzene rings is 1. The summed E-state index contributed by atoms with van der Waals surface area (Å²) in [7, 11) is 0. The molecule has 0 saturated heterocycles. The number of rotatable bonds is 5. The van der Waals surface area contributed by atoms with E-state index in [1.807, 2.05) is 0 Å². The van der Waals surface area contributed by atoms with Gasteiger partial charge in [-0.1, -0.05) is 0 Å². The summed E-state index contributed by atoms with van der Waals surface area (Å²) in [5.74, 6) is -3.08. The Morgan fingerprint density at radius 3 is 2.28 bits per heavy atom. The minimum atomic E-state index is -4.46. The van der Waals surface area contributed by atoms with Gasteiger partial charge >= 0.3 is 6.18 Å². The molecule has 1 aromatic rings. The highest BCUT2D eigenvalue weighted by atomic mass is 19.4. The molecule has 5 nitrogen and oxygen atoms in total. The Morgan fingerprint density at radius 1 is 1.24 bits per heavy atom. The van der Waals surface area contributed by atoms with Crippen LogP contribution >= 0.6 is 0 Å². The second-order valence-corrected chi connectivity index (χ2v) is 6.25. The van der Waals surface area contributed by atoms with Crippen LogP contribution in [0.5, 0.6) is 5.75 Å². The van der Waals surface area contributed by atoms with Crippen LogP contribution in [0.2, 0.25) is 0 Å². The molecule has 136 valence electrons. The monoisotopic (exact) mass is 357 g/mol. The van der Waals surface area contributed by atoms with Gasteiger partial charge in [-0.3, -0.25) is 14.4 Å². The van der Waals surface area contributed by atoms with Crippen molar-refractivity contribution in [1.29, 1.82) is 0 Å². The Balaban J connectivity index is 2.29. The fourth-order valence-corrected chi connectivity index (χ4v) is 3.21. The molecule has 8 heteroatoms. The lowest BCUT2D eigenvalue weighted by Gasteiger charge is -2.18. The number of primary amides is 1. The maximum atomic E-state index is 12.5. The molecule has 25 heavy (non-hydrogen) atoms. The number of aryl methyl sites for hydroxylation is 2. The van der Waals surface area contributed by atoms with Crippen molar-refractivity contribution >= 4 is 17.5 Å². The van der Waals surface area contributed by atoms with E-state index in [2.05, 4.69) is 0 Å². The van der Waals surface area contributed by atoms with Crippen molar-refractivity contribution in [2.75, 3.05) is 6.61 Å². The van der Waals surface area contributed by atoms with Gasteiger partial charge in [-0.15, -0.1) is 0 Å². The summed E-state index contributed by atoms with van der Waals surface area (Å²) in [5.41, 5.74) is 6.54. The molecular formula is C17H18F3NO4. The first-order valence-corrected chi connectivity index (χ1v) is 7.65. The first-order chi connectivity index (χ1) is 11.5. The van der Waals surface area contributed by atoms with E-state index >= 15 is 0 Å². The van der Waals surface area contributed by atoms with Crippen LogP contribution in [0, 0.1) is 19.8 Å². The first kappa shape index (κ1) is 19.0. The molecule has 0 heterocycles. The van der Waals surface area contributed by atoms with Crippen LogP contribution in [0.3, 0.4) is 0 Å². The zero-order valence-electron chi connectivity index (χ0n) is 13.8. The number of nitrogens with two attached hydrogens (primary N) is 1. The third-order valence-corrected chi connectivity index (χ3v) is 4.16. The molecule has 2 rings (SSSR count). The Hall–Kier alpha value is -2.38. The van der Waals surface area contributed by atoms with Crippen LogP contribution in [0.1, 0.15) is 35.4 Å². The predicted molar refractivity (Wildman–Crippen MR) is 82.1 cm³/mol. The minimum Gasteiger partial charge on any atom is -0.484 e. The number of hydrogen-bond acceptors (Lipinski definition) is 4. The van der Waals surface area contributed by atoms with Gasteiger partial charge in [-0.05, 0) is 42.7 Å². The molecule has 1 amide bonds. The number of amides is 1. The molecule has 1 fully saturated rings. The predicted octanol–water partition coefficient (Wildman–Crippen LogP) is 2.36. The molecule has 2 unspecified atom stereocenters. The maximum Gasteiger partial charge on any atom is 0.422 e. The Morgan fingerprint density at radius 2 is 1.80 bits per heavy atom. The van der Waals surface area contributed by atoms with Crippen LogP contribution in [0.4, 0.5) is 13.2 Å². The molecule has 0 spiro atoms. The fraction of sp³-hybridized carbons (Fsp3) is 0.471. The van der Waals surface area contributed by atoms with Crippen molar-refractivity contribution in [3.8, 4) is 5.75 Å². The van der Waals surface area contributed by atoms with Crippen LogP contribution in [0.15, 0.2) is 12.1 Å². The molecule has 0 radical (unpaired) electrons. The smallest absolute Gasteiger partial charge is 0.422 e. The quantitative estimate of drug-likeness (QED) is 0.820. The summed E-state index contributed by atoms with van der Waals surface area (Å²) < 4.78 is 41.5. The molecule has 1 aromatic carbocycles. The van der Waals surface area contributed by atoms with Crippen LogP contribution in [-0.4, -0.2) is 30.3 Å². The van der Waals surface area contributed by atoms with Gasteiger partial charge in [0.25, 0.3) is 0 Å². The summed E-state index contributed by atoms with van der Waals surface area (Å²) in [4.78, 5) is 35.8. The van der Waals surface area contributed by atoms with Crippen molar-refractivity contribution in [3.63, 3.8) is 0 Å². The number of ketones is 2. The number of halogens is 3. The van der Waals surface area contributed by atoms with E-state index in [9.17, 15) is 27.6 Å². The van der Waals surface area contributed by atoms with Gasteiger partial charge in [-0.2, -0.15) is 13.2 Å². The zero-order valence-corrected chi connectivity index (χ0v) is 13.8. The molecule has 0 aromatic heterocycles. The summed E-state index contributed by atoms with van der Waals surface area (Å²) in [5, 5.41) is 0. The van der Waals surface area contributed by atoms with Gasteiger partial charge < -0.3 is 10.5 Å². The first-order valence-electron chi connectivity index (χ1n) is 7.65. The van der Waals surface area contributed by atoms with Gasteiger partial charge in [-0.25, -0.2) is 0 Å². The highest BCUT2D eigenvalue weighted by Gasteiger charge is 2.43. The third-order valence-electron chi connectivity index (χ3n) is 4.16. The van der Waals surface area contributed by atoms with E-state index in [0.717, 1.165) is 0 Å². The number of ether oxygens (including phenoxy) is 1. The number of carbonyl (C=O) groups is 3. The van der Waals surface area contributed by atoms with Crippen LogP contribution in [-0.2, 0) is 14.4 Å². The van der Waals surface area contributed by atoms with E-state index in [4.69, 9.17) is 10.5 Å². The van der Waals surface area contributed by atoms with Gasteiger partial charge in [0, 0.05) is 18.8 Å². The number of Topliss-reactive ketones (excluding diaryl/α,β-unsaturated/α-hetero) is 2. The van der Waals surface area contributed by atoms with E-state index in [1.165, 1.54) is 12.1 Å². The SMILES string of the molecule is Cc1cc(OCC(F)(F)F)cc(C)c1C1C(=O)CC(CC(N)=O)C1=O. The van der Waals surface area contributed by atoms with Crippen LogP contribution in [0.25, 0.3) is 0 Å². The lowest BCUT2D eigenvalue weighted by Crippen LogP contribution is -2.22.